The quantitative estimate of drug-likeness (QED) is 0.788. The molecule has 0 N–H and O–H groups in total. The first kappa shape index (κ1) is 13.6. The van der Waals surface area contributed by atoms with Crippen molar-refractivity contribution in [3.05, 3.63) is 35.4 Å². The summed E-state index contributed by atoms with van der Waals surface area (Å²) >= 11 is 0. The van der Waals surface area contributed by atoms with Gasteiger partial charge in [0.25, 0.3) is 0 Å². The fourth-order valence-electron chi connectivity index (χ4n) is 2.98. The second kappa shape index (κ2) is 6.35. The molecular weight excluding hydrogens is 220 g/mol. The highest BCUT2D eigenvalue weighted by Crippen LogP contribution is 2.32. The molecule has 0 aliphatic carbocycles. The summed E-state index contributed by atoms with van der Waals surface area (Å²) in [5.41, 5.74) is 3.12. The van der Waals surface area contributed by atoms with Crippen LogP contribution < -0.4 is 0 Å². The average Bonchev–Trinajstić information content (AvgIpc) is 2.76. The van der Waals surface area contributed by atoms with Crippen molar-refractivity contribution in [3.63, 3.8) is 0 Å². The molecule has 1 heterocycles. The Morgan fingerprint density at radius 3 is 2.72 bits per heavy atom. The van der Waals surface area contributed by atoms with Gasteiger partial charge >= 0.3 is 0 Å². The molecule has 0 amide bonds. The van der Waals surface area contributed by atoms with Gasteiger partial charge in [0.1, 0.15) is 0 Å². The van der Waals surface area contributed by atoms with E-state index >= 15 is 0 Å². The van der Waals surface area contributed by atoms with Crippen LogP contribution >= 0.6 is 0 Å². The zero-order chi connectivity index (χ0) is 13.0. The lowest BCUT2D eigenvalue weighted by molar-refractivity contribution is 0.315. The average molecular weight is 246 g/mol. The lowest BCUT2D eigenvalue weighted by Gasteiger charge is -2.23. The Hall–Kier alpha value is -0.860. The highest BCUT2D eigenvalue weighted by Gasteiger charge is 2.24. The predicted octanol–water partition coefficient (Wildman–Crippen LogP) is 2.95. The SMILES string of the molecule is CN(C)CCCc1ccccc1C1CCCN1C. The van der Waals surface area contributed by atoms with Crippen molar-refractivity contribution < 1.29 is 0 Å². The summed E-state index contributed by atoms with van der Waals surface area (Å²) in [5, 5.41) is 0. The number of likely N-dealkylation sites (tertiary alicyclic amines) is 1. The molecule has 0 spiro atoms. The minimum atomic E-state index is 0.653. The Morgan fingerprint density at radius 1 is 1.28 bits per heavy atom. The van der Waals surface area contributed by atoms with Gasteiger partial charge in [-0.3, -0.25) is 4.90 Å². The standard InChI is InChI=1S/C16H26N2/c1-17(2)12-6-9-14-8-4-5-10-15(14)16-11-7-13-18(16)3/h4-5,8,10,16H,6-7,9,11-13H2,1-3H3. The molecule has 1 aliphatic rings. The molecule has 2 nitrogen and oxygen atoms in total. The summed E-state index contributed by atoms with van der Waals surface area (Å²) in [5.74, 6) is 0. The fourth-order valence-corrected chi connectivity index (χ4v) is 2.98. The molecule has 100 valence electrons. The van der Waals surface area contributed by atoms with Gasteiger partial charge in [-0.05, 0) is 71.0 Å². The molecule has 1 atom stereocenters. The molecule has 2 rings (SSSR count). The van der Waals surface area contributed by atoms with Crippen LogP contribution in [0.2, 0.25) is 0 Å². The molecule has 1 saturated heterocycles. The summed E-state index contributed by atoms with van der Waals surface area (Å²) in [6.07, 6.45) is 5.12. The van der Waals surface area contributed by atoms with E-state index in [1.54, 1.807) is 11.1 Å². The van der Waals surface area contributed by atoms with E-state index in [1.807, 2.05) is 0 Å². The van der Waals surface area contributed by atoms with E-state index in [-0.39, 0.29) is 0 Å². The number of benzene rings is 1. The van der Waals surface area contributed by atoms with Crippen molar-refractivity contribution in [2.24, 2.45) is 0 Å². The van der Waals surface area contributed by atoms with Gasteiger partial charge in [-0.25, -0.2) is 0 Å². The van der Waals surface area contributed by atoms with Crippen molar-refractivity contribution in [1.82, 2.24) is 9.80 Å². The number of aryl methyl sites for hydroxylation is 1. The molecule has 2 heteroatoms. The third-order valence-electron chi connectivity index (χ3n) is 3.99. The van der Waals surface area contributed by atoms with Crippen molar-refractivity contribution in [2.45, 2.75) is 31.7 Å². The first-order valence-corrected chi connectivity index (χ1v) is 7.11. The van der Waals surface area contributed by atoms with E-state index in [1.165, 1.54) is 38.8 Å². The second-order valence-corrected chi connectivity index (χ2v) is 5.74. The lowest BCUT2D eigenvalue weighted by atomic mass is 9.95. The van der Waals surface area contributed by atoms with Crippen LogP contribution in [-0.2, 0) is 6.42 Å². The molecular formula is C16H26N2. The topological polar surface area (TPSA) is 6.48 Å². The Kier molecular flexibility index (Phi) is 4.79. The van der Waals surface area contributed by atoms with Crippen molar-refractivity contribution >= 4 is 0 Å². The molecule has 0 radical (unpaired) electrons. The first-order valence-electron chi connectivity index (χ1n) is 7.11. The molecule has 0 bridgehead atoms. The van der Waals surface area contributed by atoms with Gasteiger partial charge in [0.05, 0.1) is 0 Å². The minimum Gasteiger partial charge on any atom is -0.309 e. The van der Waals surface area contributed by atoms with Crippen molar-refractivity contribution in [1.29, 1.82) is 0 Å². The smallest absolute Gasteiger partial charge is 0.0348 e. The zero-order valence-electron chi connectivity index (χ0n) is 12.0. The second-order valence-electron chi connectivity index (χ2n) is 5.74. The predicted molar refractivity (Wildman–Crippen MR) is 77.9 cm³/mol. The van der Waals surface area contributed by atoms with Gasteiger partial charge in [0.2, 0.25) is 0 Å². The van der Waals surface area contributed by atoms with Crippen molar-refractivity contribution in [3.8, 4) is 0 Å². The molecule has 1 fully saturated rings. The maximum atomic E-state index is 2.50. The third-order valence-corrected chi connectivity index (χ3v) is 3.99. The Morgan fingerprint density at radius 2 is 2.06 bits per heavy atom. The van der Waals surface area contributed by atoms with Gasteiger partial charge in [0, 0.05) is 6.04 Å². The van der Waals surface area contributed by atoms with Gasteiger partial charge in [-0.15, -0.1) is 0 Å². The van der Waals surface area contributed by atoms with Crippen LogP contribution in [0.4, 0.5) is 0 Å². The maximum absolute atomic E-state index is 2.50. The Balaban J connectivity index is 2.05. The van der Waals surface area contributed by atoms with Crippen LogP contribution in [-0.4, -0.2) is 44.0 Å². The monoisotopic (exact) mass is 246 g/mol. The minimum absolute atomic E-state index is 0.653. The van der Waals surface area contributed by atoms with E-state index in [0.29, 0.717) is 6.04 Å². The molecule has 18 heavy (non-hydrogen) atoms. The van der Waals surface area contributed by atoms with Crippen LogP contribution in [0.1, 0.15) is 36.4 Å². The number of hydrogen-bond donors (Lipinski definition) is 0. The molecule has 0 saturated carbocycles. The highest BCUT2D eigenvalue weighted by molar-refractivity contribution is 5.30. The maximum Gasteiger partial charge on any atom is 0.0348 e. The number of hydrogen-bond acceptors (Lipinski definition) is 2. The first-order chi connectivity index (χ1) is 8.68. The molecule has 1 aromatic rings. The van der Waals surface area contributed by atoms with Gasteiger partial charge in [0.15, 0.2) is 0 Å². The lowest BCUT2D eigenvalue weighted by Crippen LogP contribution is -2.19. The van der Waals surface area contributed by atoms with E-state index < -0.39 is 0 Å². The van der Waals surface area contributed by atoms with Gasteiger partial charge < -0.3 is 4.90 Å². The summed E-state index contributed by atoms with van der Waals surface area (Å²) < 4.78 is 0. The summed E-state index contributed by atoms with van der Waals surface area (Å²) in [6.45, 7) is 2.42. The van der Waals surface area contributed by atoms with Crippen LogP contribution in [0.15, 0.2) is 24.3 Å². The normalized spacial score (nSPS) is 20.8. The van der Waals surface area contributed by atoms with E-state index in [9.17, 15) is 0 Å². The van der Waals surface area contributed by atoms with E-state index in [0.717, 1.165) is 0 Å². The highest BCUT2D eigenvalue weighted by atomic mass is 15.1. The van der Waals surface area contributed by atoms with Crippen LogP contribution in [0.5, 0.6) is 0 Å². The van der Waals surface area contributed by atoms with Crippen molar-refractivity contribution in [2.75, 3.05) is 34.2 Å². The third kappa shape index (κ3) is 3.33. The Bertz CT molecular complexity index is 373. The summed E-state index contributed by atoms with van der Waals surface area (Å²) in [7, 11) is 6.56. The molecule has 1 unspecified atom stereocenters. The largest absolute Gasteiger partial charge is 0.309 e. The number of nitrogens with zero attached hydrogens (tertiary/aromatic N) is 2. The van der Waals surface area contributed by atoms with Gasteiger partial charge in [-0.1, -0.05) is 24.3 Å². The fraction of sp³-hybridized carbons (Fsp3) is 0.625. The van der Waals surface area contributed by atoms with E-state index in [4.69, 9.17) is 0 Å². The van der Waals surface area contributed by atoms with Gasteiger partial charge in [-0.2, -0.15) is 0 Å². The molecule has 1 aromatic carbocycles. The van der Waals surface area contributed by atoms with E-state index in [2.05, 4.69) is 55.2 Å². The van der Waals surface area contributed by atoms with Crippen LogP contribution in [0.3, 0.4) is 0 Å². The molecule has 0 aromatic heterocycles. The van der Waals surface area contributed by atoms with Crippen LogP contribution in [0, 0.1) is 0 Å². The Labute approximate surface area is 112 Å². The summed E-state index contributed by atoms with van der Waals surface area (Å²) in [6, 6.07) is 9.68. The zero-order valence-corrected chi connectivity index (χ0v) is 12.0. The number of rotatable bonds is 5. The van der Waals surface area contributed by atoms with Crippen LogP contribution in [0.25, 0.3) is 0 Å². The molecule has 1 aliphatic heterocycles. The summed E-state index contributed by atoms with van der Waals surface area (Å²) in [4.78, 5) is 4.77.